The van der Waals surface area contributed by atoms with E-state index in [4.69, 9.17) is 0 Å². The fourth-order valence-electron chi connectivity index (χ4n) is 2.52. The lowest BCUT2D eigenvalue weighted by atomic mass is 10.0. The van der Waals surface area contributed by atoms with E-state index in [1.807, 2.05) is 56.3 Å². The standard InChI is InChI=1S/C19H18N2O2/c1-12-8-15-10-16(19(23)21-17(15)9-13(12)2)18(22)20-11-14-6-4-3-5-7-14/h3-10H,11H2,1-2H3,(H,20,22)(H,21,23). The third-order valence-corrected chi connectivity index (χ3v) is 4.00. The zero-order chi connectivity index (χ0) is 16.4. The predicted molar refractivity (Wildman–Crippen MR) is 91.7 cm³/mol. The SMILES string of the molecule is Cc1cc2cc(C(=O)NCc3ccccc3)c(=O)[nH]c2cc1C. The second-order valence-electron chi connectivity index (χ2n) is 5.70. The lowest BCUT2D eigenvalue weighted by molar-refractivity contribution is 0.0949. The first-order chi connectivity index (χ1) is 11.0. The summed E-state index contributed by atoms with van der Waals surface area (Å²) in [6.07, 6.45) is 0. The van der Waals surface area contributed by atoms with E-state index in [1.54, 1.807) is 6.07 Å². The summed E-state index contributed by atoms with van der Waals surface area (Å²) < 4.78 is 0. The fourth-order valence-corrected chi connectivity index (χ4v) is 2.52. The monoisotopic (exact) mass is 306 g/mol. The van der Waals surface area contributed by atoms with Crippen LogP contribution in [0.2, 0.25) is 0 Å². The molecule has 4 nitrogen and oxygen atoms in total. The normalized spacial score (nSPS) is 10.7. The number of hydrogen-bond donors (Lipinski definition) is 2. The van der Waals surface area contributed by atoms with Crippen LogP contribution in [0.3, 0.4) is 0 Å². The molecule has 3 rings (SSSR count). The number of nitrogens with one attached hydrogen (secondary N) is 2. The van der Waals surface area contributed by atoms with Crippen LogP contribution in [0, 0.1) is 13.8 Å². The predicted octanol–water partition coefficient (Wildman–Crippen LogP) is 3.07. The van der Waals surface area contributed by atoms with Gasteiger partial charge in [0.2, 0.25) is 0 Å². The lowest BCUT2D eigenvalue weighted by Gasteiger charge is -2.08. The maximum absolute atomic E-state index is 12.3. The second-order valence-corrected chi connectivity index (χ2v) is 5.70. The van der Waals surface area contributed by atoms with Gasteiger partial charge in [0.1, 0.15) is 5.56 Å². The number of carbonyl (C=O) groups excluding carboxylic acids is 1. The molecule has 23 heavy (non-hydrogen) atoms. The third kappa shape index (κ3) is 3.16. The fraction of sp³-hybridized carbons (Fsp3) is 0.158. The Bertz CT molecular complexity index is 927. The zero-order valence-electron chi connectivity index (χ0n) is 13.1. The van der Waals surface area contributed by atoms with Gasteiger partial charge in [0.25, 0.3) is 11.5 Å². The number of benzene rings is 2. The maximum Gasteiger partial charge on any atom is 0.261 e. The number of hydrogen-bond acceptors (Lipinski definition) is 2. The quantitative estimate of drug-likeness (QED) is 0.781. The topological polar surface area (TPSA) is 62.0 Å². The number of aromatic amines is 1. The van der Waals surface area contributed by atoms with Crippen LogP contribution in [0.1, 0.15) is 27.0 Å². The highest BCUT2D eigenvalue weighted by atomic mass is 16.2. The van der Waals surface area contributed by atoms with E-state index in [1.165, 1.54) is 0 Å². The van der Waals surface area contributed by atoms with Crippen LogP contribution in [-0.2, 0) is 6.54 Å². The first kappa shape index (κ1) is 15.0. The molecule has 0 saturated carbocycles. The van der Waals surface area contributed by atoms with E-state index < -0.39 is 0 Å². The number of pyridine rings is 1. The summed E-state index contributed by atoms with van der Waals surface area (Å²) in [5, 5.41) is 3.65. The van der Waals surface area contributed by atoms with Gasteiger partial charge in [-0.25, -0.2) is 0 Å². The van der Waals surface area contributed by atoms with Crippen molar-refractivity contribution in [1.29, 1.82) is 0 Å². The van der Waals surface area contributed by atoms with E-state index in [0.717, 1.165) is 27.6 Å². The molecule has 3 aromatic rings. The van der Waals surface area contributed by atoms with Crippen molar-refractivity contribution < 1.29 is 4.79 Å². The number of fused-ring (bicyclic) bond motifs is 1. The van der Waals surface area contributed by atoms with E-state index >= 15 is 0 Å². The largest absolute Gasteiger partial charge is 0.348 e. The Kier molecular flexibility index (Phi) is 3.98. The molecule has 4 heteroatoms. The molecule has 0 aliphatic heterocycles. The Morgan fingerprint density at radius 2 is 1.74 bits per heavy atom. The number of H-pyrrole nitrogens is 1. The highest BCUT2D eigenvalue weighted by Gasteiger charge is 2.12. The molecular formula is C19H18N2O2. The summed E-state index contributed by atoms with van der Waals surface area (Å²) in [4.78, 5) is 27.3. The van der Waals surface area contributed by atoms with Crippen LogP contribution < -0.4 is 10.9 Å². The molecule has 0 saturated heterocycles. The van der Waals surface area contributed by atoms with Gasteiger partial charge in [-0.3, -0.25) is 9.59 Å². The van der Waals surface area contributed by atoms with Crippen LogP contribution in [-0.4, -0.2) is 10.9 Å². The van der Waals surface area contributed by atoms with E-state index in [-0.39, 0.29) is 17.0 Å². The number of rotatable bonds is 3. The van der Waals surface area contributed by atoms with Crippen molar-refractivity contribution in [2.75, 3.05) is 0 Å². The average Bonchev–Trinajstić information content (AvgIpc) is 2.55. The Hall–Kier alpha value is -2.88. The number of carbonyl (C=O) groups is 1. The van der Waals surface area contributed by atoms with Crippen LogP contribution in [0.15, 0.2) is 53.3 Å². The third-order valence-electron chi connectivity index (χ3n) is 4.00. The van der Waals surface area contributed by atoms with Gasteiger partial charge in [0.05, 0.1) is 0 Å². The van der Waals surface area contributed by atoms with Crippen molar-refractivity contribution in [2.45, 2.75) is 20.4 Å². The molecule has 0 bridgehead atoms. The minimum absolute atomic E-state index is 0.136. The van der Waals surface area contributed by atoms with Crippen LogP contribution in [0.4, 0.5) is 0 Å². The van der Waals surface area contributed by atoms with Crippen molar-refractivity contribution in [2.24, 2.45) is 0 Å². The summed E-state index contributed by atoms with van der Waals surface area (Å²) >= 11 is 0. The van der Waals surface area contributed by atoms with Gasteiger partial charge in [-0.1, -0.05) is 30.3 Å². The highest BCUT2D eigenvalue weighted by molar-refractivity contribution is 5.97. The Morgan fingerprint density at radius 1 is 1.04 bits per heavy atom. The lowest BCUT2D eigenvalue weighted by Crippen LogP contribution is -2.29. The molecule has 0 aliphatic carbocycles. The van der Waals surface area contributed by atoms with Crippen LogP contribution >= 0.6 is 0 Å². The first-order valence-corrected chi connectivity index (χ1v) is 7.51. The molecule has 0 atom stereocenters. The summed E-state index contributed by atoms with van der Waals surface area (Å²) in [5.74, 6) is -0.366. The second kappa shape index (κ2) is 6.08. The van der Waals surface area contributed by atoms with Crippen molar-refractivity contribution in [3.63, 3.8) is 0 Å². The van der Waals surface area contributed by atoms with Gasteiger partial charge >= 0.3 is 0 Å². The Morgan fingerprint density at radius 3 is 2.48 bits per heavy atom. The smallest absolute Gasteiger partial charge is 0.261 e. The average molecular weight is 306 g/mol. The number of aryl methyl sites for hydroxylation is 2. The molecular weight excluding hydrogens is 288 g/mol. The highest BCUT2D eigenvalue weighted by Crippen LogP contribution is 2.17. The summed E-state index contributed by atoms with van der Waals surface area (Å²) in [7, 11) is 0. The van der Waals surface area contributed by atoms with E-state index in [0.29, 0.717) is 6.54 Å². The van der Waals surface area contributed by atoms with Gasteiger partial charge in [-0.15, -0.1) is 0 Å². The molecule has 1 aromatic heterocycles. The molecule has 2 aromatic carbocycles. The molecule has 2 N–H and O–H groups in total. The Labute approximate surface area is 134 Å². The Balaban J connectivity index is 1.89. The van der Waals surface area contributed by atoms with E-state index in [9.17, 15) is 9.59 Å². The van der Waals surface area contributed by atoms with Gasteiger partial charge in [-0.05, 0) is 54.1 Å². The maximum atomic E-state index is 12.3. The summed E-state index contributed by atoms with van der Waals surface area (Å²) in [6.45, 7) is 4.40. The molecule has 0 spiro atoms. The molecule has 0 fully saturated rings. The number of amides is 1. The minimum atomic E-state index is -0.369. The van der Waals surface area contributed by atoms with Gasteiger partial charge < -0.3 is 10.3 Å². The van der Waals surface area contributed by atoms with Crippen LogP contribution in [0.25, 0.3) is 10.9 Å². The summed E-state index contributed by atoms with van der Waals surface area (Å²) in [6, 6.07) is 15.2. The minimum Gasteiger partial charge on any atom is -0.348 e. The van der Waals surface area contributed by atoms with Crippen molar-refractivity contribution in [1.82, 2.24) is 10.3 Å². The molecule has 0 radical (unpaired) electrons. The molecule has 1 heterocycles. The van der Waals surface area contributed by atoms with Crippen molar-refractivity contribution in [3.05, 3.63) is 81.1 Å². The molecule has 116 valence electrons. The molecule has 0 aliphatic rings. The van der Waals surface area contributed by atoms with Gasteiger partial charge in [0, 0.05) is 12.1 Å². The molecule has 1 amide bonds. The molecule has 0 unspecified atom stereocenters. The van der Waals surface area contributed by atoms with Crippen molar-refractivity contribution >= 4 is 16.8 Å². The number of aromatic nitrogens is 1. The first-order valence-electron chi connectivity index (χ1n) is 7.51. The van der Waals surface area contributed by atoms with Gasteiger partial charge in [0.15, 0.2) is 0 Å². The van der Waals surface area contributed by atoms with Crippen molar-refractivity contribution in [3.8, 4) is 0 Å². The van der Waals surface area contributed by atoms with Crippen LogP contribution in [0.5, 0.6) is 0 Å². The van der Waals surface area contributed by atoms with E-state index in [2.05, 4.69) is 10.3 Å². The van der Waals surface area contributed by atoms with Gasteiger partial charge in [-0.2, -0.15) is 0 Å². The zero-order valence-corrected chi connectivity index (χ0v) is 13.1. The summed E-state index contributed by atoms with van der Waals surface area (Å²) in [5.41, 5.74) is 3.74.